The second kappa shape index (κ2) is 11.2. The van der Waals surface area contributed by atoms with Gasteiger partial charge in [0.1, 0.15) is 12.9 Å². The molecule has 0 aliphatic heterocycles. The summed E-state index contributed by atoms with van der Waals surface area (Å²) in [4.78, 5) is 22.6. The number of hydrogen-bond acceptors (Lipinski definition) is 6. The molecule has 0 heterocycles. The molecule has 0 bridgehead atoms. The van der Waals surface area contributed by atoms with Gasteiger partial charge in [-0.2, -0.15) is 0 Å². The van der Waals surface area contributed by atoms with Gasteiger partial charge in [-0.1, -0.05) is 6.08 Å². The number of esters is 1. The molecule has 3 atom stereocenters. The number of aliphatic hydroxyl groups excluding tert-OH is 1. The largest absolute Gasteiger partial charge is 0.460 e. The number of carbonyl (C=O) groups excluding carboxylic acids is 2. The number of rotatable bonds is 11. The van der Waals surface area contributed by atoms with E-state index in [4.69, 9.17) is 19.3 Å². The second-order valence-corrected chi connectivity index (χ2v) is 4.58. The van der Waals surface area contributed by atoms with E-state index in [2.05, 4.69) is 6.58 Å². The van der Waals surface area contributed by atoms with Gasteiger partial charge in [-0.3, -0.25) is 4.79 Å². The number of ketones is 1. The Bertz CT molecular complexity index is 361. The Labute approximate surface area is 125 Å². The average molecular weight is 300 g/mol. The van der Waals surface area contributed by atoms with Crippen molar-refractivity contribution < 1.29 is 28.9 Å². The lowest BCUT2D eigenvalue weighted by molar-refractivity contribution is -0.143. The van der Waals surface area contributed by atoms with E-state index in [1.165, 1.54) is 14.0 Å². The molecule has 0 aromatic carbocycles. The summed E-state index contributed by atoms with van der Waals surface area (Å²) in [5.74, 6) is -1.16. The molecule has 6 heteroatoms. The van der Waals surface area contributed by atoms with Crippen molar-refractivity contribution in [2.24, 2.45) is 0 Å². The lowest BCUT2D eigenvalue weighted by atomic mass is 10.1. The van der Waals surface area contributed by atoms with E-state index in [1.807, 2.05) is 0 Å². The van der Waals surface area contributed by atoms with Crippen LogP contribution < -0.4 is 0 Å². The van der Waals surface area contributed by atoms with Crippen LogP contribution in [-0.2, 0) is 23.8 Å². The molecule has 0 spiro atoms. The molecule has 0 rings (SSSR count). The summed E-state index contributed by atoms with van der Waals surface area (Å²) >= 11 is 0. The molecule has 0 amide bonds. The molecule has 0 aliphatic carbocycles. The summed E-state index contributed by atoms with van der Waals surface area (Å²) in [6.45, 7) is 6.91. The SMILES string of the molecule is C=C[C@H](CC[C@H](C)OC(=O)/C=C/C(=O)[C@H](C)O)OCOC. The lowest BCUT2D eigenvalue weighted by Crippen LogP contribution is -2.18. The van der Waals surface area contributed by atoms with Crippen LogP contribution in [-0.4, -0.2) is 49.1 Å². The number of carbonyl (C=O) groups is 2. The van der Waals surface area contributed by atoms with E-state index in [0.717, 1.165) is 12.2 Å². The fourth-order valence-corrected chi connectivity index (χ4v) is 1.41. The van der Waals surface area contributed by atoms with Crippen LogP contribution in [0.25, 0.3) is 0 Å². The first-order chi connectivity index (χ1) is 9.90. The summed E-state index contributed by atoms with van der Waals surface area (Å²) in [7, 11) is 1.53. The van der Waals surface area contributed by atoms with Gasteiger partial charge in [-0.05, 0) is 32.8 Å². The van der Waals surface area contributed by atoms with E-state index in [0.29, 0.717) is 12.8 Å². The summed E-state index contributed by atoms with van der Waals surface area (Å²) in [6, 6.07) is 0. The van der Waals surface area contributed by atoms with Crippen molar-refractivity contribution in [2.45, 2.75) is 45.0 Å². The quantitative estimate of drug-likeness (QED) is 0.269. The zero-order valence-electron chi connectivity index (χ0n) is 12.8. The second-order valence-electron chi connectivity index (χ2n) is 4.58. The maximum atomic E-state index is 11.5. The third-order valence-electron chi connectivity index (χ3n) is 2.63. The van der Waals surface area contributed by atoms with Crippen LogP contribution in [0.2, 0.25) is 0 Å². The molecule has 1 N–H and O–H groups in total. The fraction of sp³-hybridized carbons (Fsp3) is 0.600. The minimum atomic E-state index is -1.13. The van der Waals surface area contributed by atoms with Crippen LogP contribution in [0, 0.1) is 0 Å². The van der Waals surface area contributed by atoms with Crippen LogP contribution in [0.15, 0.2) is 24.8 Å². The molecule has 0 aromatic rings. The van der Waals surface area contributed by atoms with Crippen LogP contribution in [0.1, 0.15) is 26.7 Å². The minimum absolute atomic E-state index is 0.168. The number of ether oxygens (including phenoxy) is 3. The number of aliphatic hydroxyl groups is 1. The van der Waals surface area contributed by atoms with Gasteiger partial charge in [0.05, 0.1) is 12.2 Å². The van der Waals surface area contributed by atoms with E-state index >= 15 is 0 Å². The predicted molar refractivity (Wildman–Crippen MR) is 77.6 cm³/mol. The van der Waals surface area contributed by atoms with Gasteiger partial charge in [0.25, 0.3) is 0 Å². The third kappa shape index (κ3) is 9.95. The highest BCUT2D eigenvalue weighted by Gasteiger charge is 2.12. The smallest absolute Gasteiger partial charge is 0.331 e. The maximum absolute atomic E-state index is 11.5. The zero-order valence-corrected chi connectivity index (χ0v) is 12.8. The van der Waals surface area contributed by atoms with Crippen molar-refractivity contribution in [3.8, 4) is 0 Å². The molecule has 0 aliphatic rings. The molecule has 0 saturated heterocycles. The molecule has 0 saturated carbocycles. The molecule has 0 radical (unpaired) electrons. The summed E-state index contributed by atoms with van der Waals surface area (Å²) in [5, 5.41) is 8.97. The van der Waals surface area contributed by atoms with Crippen molar-refractivity contribution >= 4 is 11.8 Å². The minimum Gasteiger partial charge on any atom is -0.460 e. The molecule has 0 unspecified atom stereocenters. The summed E-state index contributed by atoms with van der Waals surface area (Å²) < 4.78 is 15.2. The van der Waals surface area contributed by atoms with Crippen LogP contribution >= 0.6 is 0 Å². The highest BCUT2D eigenvalue weighted by molar-refractivity contribution is 5.98. The van der Waals surface area contributed by atoms with Crippen molar-refractivity contribution in [2.75, 3.05) is 13.9 Å². The Morgan fingerprint density at radius 2 is 1.90 bits per heavy atom. The Balaban J connectivity index is 4.07. The molecular formula is C15H24O6. The van der Waals surface area contributed by atoms with Gasteiger partial charge in [0, 0.05) is 13.2 Å². The van der Waals surface area contributed by atoms with Gasteiger partial charge >= 0.3 is 5.97 Å². The van der Waals surface area contributed by atoms with Gasteiger partial charge in [-0.25, -0.2) is 4.79 Å². The normalized spacial score (nSPS) is 15.4. The first-order valence-corrected chi connectivity index (χ1v) is 6.74. The van der Waals surface area contributed by atoms with Gasteiger partial charge in [0.15, 0.2) is 5.78 Å². The van der Waals surface area contributed by atoms with Gasteiger partial charge in [-0.15, -0.1) is 6.58 Å². The molecular weight excluding hydrogens is 276 g/mol. The van der Waals surface area contributed by atoms with E-state index in [1.54, 1.807) is 13.0 Å². The predicted octanol–water partition coefficient (Wildman–Crippen LogP) is 1.38. The maximum Gasteiger partial charge on any atom is 0.331 e. The van der Waals surface area contributed by atoms with Crippen LogP contribution in [0.3, 0.4) is 0 Å². The summed E-state index contributed by atoms with van der Waals surface area (Å²) in [6.07, 6.45) is 3.29. The Hall–Kier alpha value is -1.50. The van der Waals surface area contributed by atoms with Crippen molar-refractivity contribution in [1.29, 1.82) is 0 Å². The van der Waals surface area contributed by atoms with Crippen LogP contribution in [0.4, 0.5) is 0 Å². The average Bonchev–Trinajstić information content (AvgIpc) is 2.44. The van der Waals surface area contributed by atoms with Crippen LogP contribution in [0.5, 0.6) is 0 Å². The highest BCUT2D eigenvalue weighted by Crippen LogP contribution is 2.09. The molecule has 6 nitrogen and oxygen atoms in total. The first-order valence-electron chi connectivity index (χ1n) is 6.74. The fourth-order valence-electron chi connectivity index (χ4n) is 1.41. The zero-order chi connectivity index (χ0) is 16.3. The number of methoxy groups -OCH3 is 1. The van der Waals surface area contributed by atoms with Crippen molar-refractivity contribution in [3.05, 3.63) is 24.8 Å². The molecule has 21 heavy (non-hydrogen) atoms. The molecule has 0 fully saturated rings. The number of hydrogen-bond donors (Lipinski definition) is 1. The first kappa shape index (κ1) is 19.5. The van der Waals surface area contributed by atoms with E-state index < -0.39 is 17.9 Å². The third-order valence-corrected chi connectivity index (χ3v) is 2.63. The Morgan fingerprint density at radius 1 is 1.24 bits per heavy atom. The Morgan fingerprint density at radius 3 is 2.43 bits per heavy atom. The van der Waals surface area contributed by atoms with Crippen molar-refractivity contribution in [3.63, 3.8) is 0 Å². The molecule has 0 aromatic heterocycles. The summed E-state index contributed by atoms with van der Waals surface area (Å²) in [5.41, 5.74) is 0. The Kier molecular flexibility index (Phi) is 10.4. The lowest BCUT2D eigenvalue weighted by Gasteiger charge is -2.16. The van der Waals surface area contributed by atoms with Gasteiger partial charge in [0.2, 0.25) is 0 Å². The van der Waals surface area contributed by atoms with Gasteiger partial charge < -0.3 is 19.3 Å². The standard InChI is InChI=1S/C15H24O6/c1-5-13(20-10-19-4)7-6-11(2)21-15(18)9-8-14(17)12(3)16/h5,8-9,11-13,16H,1,6-7,10H2,2-4H3/b9-8+/t11-,12-,13+/m0/s1. The molecule has 120 valence electrons. The van der Waals surface area contributed by atoms with E-state index in [9.17, 15) is 9.59 Å². The topological polar surface area (TPSA) is 82.1 Å². The van der Waals surface area contributed by atoms with E-state index in [-0.39, 0.29) is 19.0 Å². The monoisotopic (exact) mass is 300 g/mol. The highest BCUT2D eigenvalue weighted by atomic mass is 16.7. The van der Waals surface area contributed by atoms with Crippen molar-refractivity contribution in [1.82, 2.24) is 0 Å².